The van der Waals surface area contributed by atoms with Gasteiger partial charge in [-0.1, -0.05) is 12.1 Å². The summed E-state index contributed by atoms with van der Waals surface area (Å²) in [5.41, 5.74) is 1.15. The Morgan fingerprint density at radius 1 is 1.03 bits per heavy atom. The van der Waals surface area contributed by atoms with Crippen LogP contribution in [0.3, 0.4) is 0 Å². The second-order valence-electron chi connectivity index (χ2n) is 8.19. The predicted octanol–water partition coefficient (Wildman–Crippen LogP) is 4.27. The van der Waals surface area contributed by atoms with Crippen LogP contribution in [0.4, 0.5) is 4.39 Å². The summed E-state index contributed by atoms with van der Waals surface area (Å²) >= 11 is 0. The third-order valence-electron chi connectivity index (χ3n) is 5.76. The Morgan fingerprint density at radius 2 is 1.79 bits per heavy atom. The molecule has 7 nitrogen and oxygen atoms in total. The van der Waals surface area contributed by atoms with Crippen molar-refractivity contribution in [2.45, 2.75) is 32.0 Å². The molecule has 1 aliphatic carbocycles. The molecule has 3 aromatic rings. The van der Waals surface area contributed by atoms with Crippen molar-refractivity contribution in [3.05, 3.63) is 83.6 Å². The molecule has 0 spiro atoms. The lowest BCUT2D eigenvalue weighted by Crippen LogP contribution is -2.43. The number of halogens is 1. The van der Waals surface area contributed by atoms with Crippen LogP contribution in [0.5, 0.6) is 11.5 Å². The van der Waals surface area contributed by atoms with Crippen LogP contribution < -0.4 is 9.47 Å². The molecule has 8 heteroatoms. The van der Waals surface area contributed by atoms with Crippen molar-refractivity contribution >= 4 is 11.8 Å². The number of carbonyl (C=O) groups is 2. The highest BCUT2D eigenvalue weighted by molar-refractivity contribution is 5.99. The van der Waals surface area contributed by atoms with Crippen LogP contribution >= 0.6 is 0 Å². The summed E-state index contributed by atoms with van der Waals surface area (Å²) < 4.78 is 29.4. The summed E-state index contributed by atoms with van der Waals surface area (Å²) in [4.78, 5) is 30.1. The minimum Gasteiger partial charge on any atom is -0.497 e. The van der Waals surface area contributed by atoms with Crippen molar-refractivity contribution in [2.24, 2.45) is 0 Å². The van der Waals surface area contributed by atoms with Crippen LogP contribution in [-0.2, 0) is 17.9 Å². The van der Waals surface area contributed by atoms with Gasteiger partial charge >= 0.3 is 0 Å². The number of carbonyl (C=O) groups excluding carboxylic acids is 2. The lowest BCUT2D eigenvalue weighted by Gasteiger charge is -2.28. The van der Waals surface area contributed by atoms with Gasteiger partial charge in [-0.3, -0.25) is 9.59 Å². The summed E-state index contributed by atoms with van der Waals surface area (Å²) in [5.74, 6) is 0.749. The molecule has 178 valence electrons. The summed E-state index contributed by atoms with van der Waals surface area (Å²) in [6.45, 7) is 0.417. The molecule has 1 aromatic heterocycles. The summed E-state index contributed by atoms with van der Waals surface area (Å²) in [6.07, 6.45) is 3.23. The predicted molar refractivity (Wildman–Crippen MR) is 123 cm³/mol. The quantitative estimate of drug-likeness (QED) is 0.446. The topological polar surface area (TPSA) is 72.2 Å². The number of nitrogens with zero attached hydrogens (tertiary/aromatic N) is 2. The van der Waals surface area contributed by atoms with E-state index < -0.39 is 0 Å². The maximum absolute atomic E-state index is 13.5. The van der Waals surface area contributed by atoms with E-state index in [-0.39, 0.29) is 43.3 Å². The van der Waals surface area contributed by atoms with E-state index in [1.54, 1.807) is 65.6 Å². The van der Waals surface area contributed by atoms with E-state index in [2.05, 4.69) is 0 Å². The Morgan fingerprint density at radius 3 is 2.41 bits per heavy atom. The Bertz CT molecular complexity index is 1130. The molecular formula is C26H27FN2O5. The van der Waals surface area contributed by atoms with Gasteiger partial charge in [-0.05, 0) is 54.8 Å². The highest BCUT2D eigenvalue weighted by Gasteiger charge is 2.36. The standard InChI is InChI=1S/C26H27FN2O5/c1-32-21-11-12-23(24(14-21)33-2)26(31)29(20-9-10-20)17-25(30)28(16-22-4-3-13-34-22)15-18-5-7-19(27)8-6-18/h3-8,11-14,20H,9-10,15-17H2,1-2H3. The fourth-order valence-electron chi connectivity index (χ4n) is 3.76. The average molecular weight is 467 g/mol. The number of hydrogen-bond donors (Lipinski definition) is 0. The minimum absolute atomic E-state index is 0.000424. The maximum atomic E-state index is 13.5. The third-order valence-corrected chi connectivity index (χ3v) is 5.76. The highest BCUT2D eigenvalue weighted by atomic mass is 19.1. The van der Waals surface area contributed by atoms with Crippen LogP contribution in [0, 0.1) is 5.82 Å². The molecule has 1 saturated carbocycles. The molecule has 1 aliphatic rings. The Balaban J connectivity index is 1.55. The van der Waals surface area contributed by atoms with Gasteiger partial charge in [0.15, 0.2) is 0 Å². The first-order valence-corrected chi connectivity index (χ1v) is 11.1. The third kappa shape index (κ3) is 5.57. The number of furan rings is 1. The van der Waals surface area contributed by atoms with Crippen molar-refractivity contribution in [3.63, 3.8) is 0 Å². The first-order chi connectivity index (χ1) is 16.5. The van der Waals surface area contributed by atoms with E-state index in [9.17, 15) is 14.0 Å². The van der Waals surface area contributed by atoms with Gasteiger partial charge in [0.25, 0.3) is 5.91 Å². The number of amides is 2. The van der Waals surface area contributed by atoms with Crippen LogP contribution in [-0.4, -0.2) is 48.4 Å². The number of methoxy groups -OCH3 is 2. The SMILES string of the molecule is COc1ccc(C(=O)N(CC(=O)N(Cc2ccc(F)cc2)Cc2ccco2)C2CC2)c(OC)c1. The zero-order chi connectivity index (χ0) is 24.1. The average Bonchev–Trinajstić information content (AvgIpc) is 3.57. The van der Waals surface area contributed by atoms with Crippen LogP contribution in [0.1, 0.15) is 34.5 Å². The molecular weight excluding hydrogens is 439 g/mol. The second kappa shape index (κ2) is 10.4. The normalized spacial score (nSPS) is 12.8. The fourth-order valence-corrected chi connectivity index (χ4v) is 3.76. The maximum Gasteiger partial charge on any atom is 0.258 e. The Kier molecular flexibility index (Phi) is 7.15. The number of hydrogen-bond acceptors (Lipinski definition) is 5. The largest absolute Gasteiger partial charge is 0.497 e. The minimum atomic E-state index is -0.341. The number of rotatable bonds is 10. The molecule has 34 heavy (non-hydrogen) atoms. The molecule has 2 aromatic carbocycles. The van der Waals surface area contributed by atoms with Gasteiger partial charge in [0, 0.05) is 18.7 Å². The molecule has 0 saturated heterocycles. The first-order valence-electron chi connectivity index (χ1n) is 11.1. The zero-order valence-corrected chi connectivity index (χ0v) is 19.2. The molecule has 1 fully saturated rings. The van der Waals surface area contributed by atoms with E-state index in [1.807, 2.05) is 0 Å². The summed E-state index contributed by atoms with van der Waals surface area (Å²) in [5, 5.41) is 0. The summed E-state index contributed by atoms with van der Waals surface area (Å²) in [7, 11) is 3.03. The Labute approximate surface area is 197 Å². The molecule has 0 aliphatic heterocycles. The first kappa shape index (κ1) is 23.4. The van der Waals surface area contributed by atoms with Crippen molar-refractivity contribution in [1.29, 1.82) is 0 Å². The molecule has 4 rings (SSSR count). The van der Waals surface area contributed by atoms with Crippen LogP contribution in [0.25, 0.3) is 0 Å². The molecule has 0 radical (unpaired) electrons. The zero-order valence-electron chi connectivity index (χ0n) is 19.2. The van der Waals surface area contributed by atoms with Crippen molar-refractivity contribution in [1.82, 2.24) is 9.80 Å². The van der Waals surface area contributed by atoms with Gasteiger partial charge in [-0.25, -0.2) is 4.39 Å². The lowest BCUT2D eigenvalue weighted by atomic mass is 10.1. The van der Waals surface area contributed by atoms with Gasteiger partial charge in [0.05, 0.1) is 32.6 Å². The molecule has 2 amide bonds. The van der Waals surface area contributed by atoms with E-state index in [0.29, 0.717) is 22.8 Å². The molecule has 0 unspecified atom stereocenters. The Hall–Kier alpha value is -3.81. The van der Waals surface area contributed by atoms with Gasteiger partial charge in [-0.2, -0.15) is 0 Å². The van der Waals surface area contributed by atoms with Crippen molar-refractivity contribution < 1.29 is 27.9 Å². The molecule has 0 atom stereocenters. The highest BCUT2D eigenvalue weighted by Crippen LogP contribution is 2.32. The smallest absolute Gasteiger partial charge is 0.258 e. The van der Waals surface area contributed by atoms with E-state index in [0.717, 1.165) is 18.4 Å². The van der Waals surface area contributed by atoms with Crippen molar-refractivity contribution in [2.75, 3.05) is 20.8 Å². The fraction of sp³-hybridized carbons (Fsp3) is 0.308. The van der Waals surface area contributed by atoms with Gasteiger partial charge in [0.1, 0.15) is 29.6 Å². The van der Waals surface area contributed by atoms with Crippen molar-refractivity contribution in [3.8, 4) is 11.5 Å². The van der Waals surface area contributed by atoms with E-state index in [4.69, 9.17) is 13.9 Å². The van der Waals surface area contributed by atoms with E-state index >= 15 is 0 Å². The van der Waals surface area contributed by atoms with E-state index in [1.165, 1.54) is 19.2 Å². The number of ether oxygens (including phenoxy) is 2. The van der Waals surface area contributed by atoms with Crippen LogP contribution in [0.15, 0.2) is 65.3 Å². The van der Waals surface area contributed by atoms with Gasteiger partial charge < -0.3 is 23.7 Å². The van der Waals surface area contributed by atoms with Gasteiger partial charge in [0.2, 0.25) is 5.91 Å². The molecule has 1 heterocycles. The number of benzene rings is 2. The van der Waals surface area contributed by atoms with Gasteiger partial charge in [-0.15, -0.1) is 0 Å². The van der Waals surface area contributed by atoms with Crippen LogP contribution in [0.2, 0.25) is 0 Å². The monoisotopic (exact) mass is 466 g/mol. The second-order valence-corrected chi connectivity index (χ2v) is 8.19. The summed E-state index contributed by atoms with van der Waals surface area (Å²) in [6, 6.07) is 14.6. The molecule has 0 bridgehead atoms. The molecule has 0 N–H and O–H groups in total. The lowest BCUT2D eigenvalue weighted by molar-refractivity contribution is -0.133.